The number of piperazine rings is 1. The summed E-state index contributed by atoms with van der Waals surface area (Å²) in [5.41, 5.74) is 1.17. The Balaban J connectivity index is 1.38. The van der Waals surface area contributed by atoms with Gasteiger partial charge in [-0.25, -0.2) is 0 Å². The zero-order chi connectivity index (χ0) is 23.8. The standard InChI is InChI=1S/C24H19ClN4O4S/c25-16-6-7-18-19(14-16)26-24(34)29(22(18)31)17-4-1-3-15(13-17)21(30)27-8-10-28(11-9-27)23(32)20-5-2-12-33-20/h1-7,12-14H,8-11H2,(H,26,34). The maximum absolute atomic E-state index is 13.2. The highest BCUT2D eigenvalue weighted by atomic mass is 35.5. The van der Waals surface area contributed by atoms with Crippen LogP contribution in [0.2, 0.25) is 5.02 Å². The molecule has 1 aliphatic rings. The smallest absolute Gasteiger partial charge is 0.289 e. The summed E-state index contributed by atoms with van der Waals surface area (Å²) in [6.45, 7) is 1.60. The first-order chi connectivity index (χ1) is 16.4. The summed E-state index contributed by atoms with van der Waals surface area (Å²) in [6.07, 6.45) is 1.46. The third-order valence-corrected chi connectivity index (χ3v) is 6.32. The van der Waals surface area contributed by atoms with E-state index >= 15 is 0 Å². The Kier molecular flexibility index (Phi) is 5.80. The molecule has 0 spiro atoms. The molecule has 0 unspecified atom stereocenters. The lowest BCUT2D eigenvalue weighted by Crippen LogP contribution is -2.50. The lowest BCUT2D eigenvalue weighted by atomic mass is 10.1. The molecule has 0 bridgehead atoms. The molecule has 3 heterocycles. The average molecular weight is 495 g/mol. The molecular weight excluding hydrogens is 476 g/mol. The molecule has 0 radical (unpaired) electrons. The Morgan fingerprint density at radius 1 is 0.941 bits per heavy atom. The number of amides is 2. The number of hydrogen-bond donors (Lipinski definition) is 1. The minimum absolute atomic E-state index is 0.178. The third kappa shape index (κ3) is 4.04. The first-order valence-corrected chi connectivity index (χ1v) is 11.4. The predicted octanol–water partition coefficient (Wildman–Crippen LogP) is 3.89. The number of aromatic nitrogens is 2. The average Bonchev–Trinajstić information content (AvgIpc) is 3.38. The summed E-state index contributed by atoms with van der Waals surface area (Å²) in [7, 11) is 0. The summed E-state index contributed by atoms with van der Waals surface area (Å²) >= 11 is 11.5. The van der Waals surface area contributed by atoms with E-state index in [2.05, 4.69) is 4.98 Å². The fourth-order valence-electron chi connectivity index (χ4n) is 4.05. The van der Waals surface area contributed by atoms with Crippen molar-refractivity contribution in [2.45, 2.75) is 0 Å². The van der Waals surface area contributed by atoms with Crippen LogP contribution in [0, 0.1) is 4.77 Å². The molecule has 34 heavy (non-hydrogen) atoms. The number of nitrogens with zero attached hydrogens (tertiary/aromatic N) is 3. The quantitative estimate of drug-likeness (QED) is 0.436. The largest absolute Gasteiger partial charge is 0.459 e. The van der Waals surface area contributed by atoms with E-state index in [4.69, 9.17) is 28.2 Å². The number of nitrogens with one attached hydrogen (secondary N) is 1. The molecule has 1 fully saturated rings. The molecule has 4 aromatic rings. The topological polar surface area (TPSA) is 91.5 Å². The second-order valence-corrected chi connectivity index (χ2v) is 8.70. The van der Waals surface area contributed by atoms with Crippen LogP contribution in [0.4, 0.5) is 0 Å². The highest BCUT2D eigenvalue weighted by Crippen LogP contribution is 2.18. The maximum atomic E-state index is 13.2. The van der Waals surface area contributed by atoms with Gasteiger partial charge in [0.2, 0.25) is 0 Å². The van der Waals surface area contributed by atoms with E-state index in [-0.39, 0.29) is 27.9 Å². The number of benzene rings is 2. The Morgan fingerprint density at radius 3 is 2.38 bits per heavy atom. The number of fused-ring (bicyclic) bond motifs is 1. The van der Waals surface area contributed by atoms with Crippen molar-refractivity contribution >= 4 is 46.5 Å². The van der Waals surface area contributed by atoms with Crippen molar-refractivity contribution in [3.8, 4) is 5.69 Å². The number of furan rings is 1. The zero-order valence-electron chi connectivity index (χ0n) is 17.9. The predicted molar refractivity (Wildman–Crippen MR) is 130 cm³/mol. The summed E-state index contributed by atoms with van der Waals surface area (Å²) in [6, 6.07) is 15.0. The number of rotatable bonds is 3. The molecule has 2 aromatic heterocycles. The van der Waals surface area contributed by atoms with Crippen LogP contribution in [0.5, 0.6) is 0 Å². The number of halogens is 1. The highest BCUT2D eigenvalue weighted by molar-refractivity contribution is 7.71. The van der Waals surface area contributed by atoms with Crippen molar-refractivity contribution in [1.29, 1.82) is 0 Å². The van der Waals surface area contributed by atoms with Gasteiger partial charge >= 0.3 is 0 Å². The first kappa shape index (κ1) is 22.1. The molecule has 0 saturated carbocycles. The minimum Gasteiger partial charge on any atom is -0.459 e. The summed E-state index contributed by atoms with van der Waals surface area (Å²) in [5, 5.41) is 0.931. The van der Waals surface area contributed by atoms with Crippen molar-refractivity contribution in [3.05, 3.63) is 92.3 Å². The molecule has 1 saturated heterocycles. The monoisotopic (exact) mass is 494 g/mol. The minimum atomic E-state index is -0.301. The number of hydrogen-bond acceptors (Lipinski definition) is 5. The van der Waals surface area contributed by atoms with E-state index in [9.17, 15) is 14.4 Å². The maximum Gasteiger partial charge on any atom is 0.289 e. The molecule has 1 aliphatic heterocycles. The van der Waals surface area contributed by atoms with Crippen LogP contribution in [0.1, 0.15) is 20.9 Å². The van der Waals surface area contributed by atoms with Crippen molar-refractivity contribution in [2.24, 2.45) is 0 Å². The molecule has 5 rings (SSSR count). The van der Waals surface area contributed by atoms with Crippen molar-refractivity contribution in [1.82, 2.24) is 19.4 Å². The summed E-state index contributed by atoms with van der Waals surface area (Å²) in [5.74, 6) is -0.0835. The van der Waals surface area contributed by atoms with E-state index in [1.165, 1.54) is 10.8 Å². The van der Waals surface area contributed by atoms with Crippen molar-refractivity contribution < 1.29 is 14.0 Å². The van der Waals surface area contributed by atoms with Crippen LogP contribution in [0.15, 0.2) is 70.1 Å². The zero-order valence-corrected chi connectivity index (χ0v) is 19.4. The summed E-state index contributed by atoms with van der Waals surface area (Å²) in [4.78, 5) is 45.2. The van der Waals surface area contributed by atoms with Gasteiger partial charge in [-0.15, -0.1) is 0 Å². The van der Waals surface area contributed by atoms with Gasteiger partial charge in [-0.2, -0.15) is 0 Å². The van der Waals surface area contributed by atoms with Gasteiger partial charge in [0.05, 0.1) is 22.9 Å². The molecule has 0 atom stereocenters. The Labute approximate surface area is 204 Å². The van der Waals surface area contributed by atoms with E-state index < -0.39 is 0 Å². The van der Waals surface area contributed by atoms with Gasteiger partial charge in [-0.05, 0) is 60.7 Å². The van der Waals surface area contributed by atoms with Crippen LogP contribution in [0.25, 0.3) is 16.6 Å². The van der Waals surface area contributed by atoms with E-state index in [1.54, 1.807) is 64.4 Å². The normalized spacial score (nSPS) is 13.9. The Hall–Kier alpha value is -3.69. The van der Waals surface area contributed by atoms with Gasteiger partial charge in [0.1, 0.15) is 0 Å². The van der Waals surface area contributed by atoms with Gasteiger partial charge in [-0.1, -0.05) is 17.7 Å². The van der Waals surface area contributed by atoms with Crippen LogP contribution in [-0.2, 0) is 0 Å². The molecule has 0 aliphatic carbocycles. The van der Waals surface area contributed by atoms with E-state index in [0.29, 0.717) is 53.4 Å². The first-order valence-electron chi connectivity index (χ1n) is 10.6. The van der Waals surface area contributed by atoms with Gasteiger partial charge in [0, 0.05) is 36.8 Å². The Bertz CT molecular complexity index is 1520. The van der Waals surface area contributed by atoms with Crippen molar-refractivity contribution in [2.75, 3.05) is 26.2 Å². The molecular formula is C24H19ClN4O4S. The fourth-order valence-corrected chi connectivity index (χ4v) is 4.52. The molecule has 172 valence electrons. The van der Waals surface area contributed by atoms with Crippen LogP contribution in [-0.4, -0.2) is 57.3 Å². The number of H-pyrrole nitrogens is 1. The second kappa shape index (κ2) is 8.92. The van der Waals surface area contributed by atoms with Crippen LogP contribution < -0.4 is 5.56 Å². The van der Waals surface area contributed by atoms with Gasteiger partial charge < -0.3 is 19.2 Å². The lowest BCUT2D eigenvalue weighted by molar-refractivity contribution is 0.0518. The van der Waals surface area contributed by atoms with Crippen LogP contribution >= 0.6 is 23.8 Å². The fraction of sp³-hybridized carbons (Fsp3) is 0.167. The van der Waals surface area contributed by atoms with E-state index in [1.807, 2.05) is 0 Å². The van der Waals surface area contributed by atoms with E-state index in [0.717, 1.165) is 0 Å². The lowest BCUT2D eigenvalue weighted by Gasteiger charge is -2.34. The number of aromatic amines is 1. The molecule has 2 aromatic carbocycles. The molecule has 8 nitrogen and oxygen atoms in total. The van der Waals surface area contributed by atoms with Gasteiger partial charge in [0.25, 0.3) is 17.4 Å². The molecule has 2 amide bonds. The second-order valence-electron chi connectivity index (χ2n) is 7.87. The highest BCUT2D eigenvalue weighted by Gasteiger charge is 2.26. The summed E-state index contributed by atoms with van der Waals surface area (Å²) < 4.78 is 6.75. The van der Waals surface area contributed by atoms with Gasteiger partial charge in [0.15, 0.2) is 10.5 Å². The van der Waals surface area contributed by atoms with Crippen LogP contribution in [0.3, 0.4) is 0 Å². The third-order valence-electron chi connectivity index (χ3n) is 5.80. The Morgan fingerprint density at radius 2 is 1.68 bits per heavy atom. The number of carbonyl (C=O) groups is 2. The van der Waals surface area contributed by atoms with Gasteiger partial charge in [-0.3, -0.25) is 19.0 Å². The molecule has 10 heteroatoms. The molecule has 1 N–H and O–H groups in total. The SMILES string of the molecule is O=C(c1cccc(-n2c(=S)[nH]c3cc(Cl)ccc3c2=O)c1)N1CCN(C(=O)c2ccco2)CC1. The number of carbonyl (C=O) groups excluding carboxylic acids is 2. The van der Waals surface area contributed by atoms with Crippen molar-refractivity contribution in [3.63, 3.8) is 0 Å².